The number of hydrazine groups is 1. The molecule has 0 amide bonds. The number of rotatable bonds is 7. The molecule has 0 heterocycles. The summed E-state index contributed by atoms with van der Waals surface area (Å²) in [5, 5.41) is 3.10. The second kappa shape index (κ2) is 9.17. The molecule has 1 unspecified atom stereocenters. The van der Waals surface area contributed by atoms with E-state index in [1.54, 1.807) is 7.11 Å². The van der Waals surface area contributed by atoms with Gasteiger partial charge in [-0.3, -0.25) is 5.43 Å². The molecule has 1 aromatic carbocycles. The molecule has 0 radical (unpaired) electrons. The van der Waals surface area contributed by atoms with Gasteiger partial charge in [0.1, 0.15) is 5.75 Å². The monoisotopic (exact) mass is 280 g/mol. The minimum Gasteiger partial charge on any atom is -0.491 e. The molecule has 1 aromatic rings. The van der Waals surface area contributed by atoms with Crippen LogP contribution in [0.1, 0.15) is 20.3 Å². The van der Waals surface area contributed by atoms with Crippen molar-refractivity contribution in [2.24, 2.45) is 10.8 Å². The highest BCUT2D eigenvalue weighted by molar-refractivity contribution is 5.93. The van der Waals surface area contributed by atoms with Crippen molar-refractivity contribution < 1.29 is 9.47 Å². The first-order valence-corrected chi connectivity index (χ1v) is 6.73. The molecule has 0 aliphatic heterocycles. The standard InChI is InChI=1S/C14H24N4O2/c1-4-11(2)20-13-7-5-6-12(10-13)17-14(18-15)16-8-9-19-3/h5-7,10-11H,4,8-9,15H2,1-3H3,(H2,16,17,18). The van der Waals surface area contributed by atoms with Crippen LogP contribution in [0.3, 0.4) is 0 Å². The SMILES string of the molecule is CCC(C)Oc1cccc(NC(=NCCOC)NN)c1. The van der Waals surface area contributed by atoms with E-state index in [2.05, 4.69) is 22.7 Å². The van der Waals surface area contributed by atoms with Gasteiger partial charge in [0.15, 0.2) is 0 Å². The summed E-state index contributed by atoms with van der Waals surface area (Å²) in [4.78, 5) is 4.24. The third kappa shape index (κ3) is 5.90. The van der Waals surface area contributed by atoms with E-state index in [-0.39, 0.29) is 6.10 Å². The lowest BCUT2D eigenvalue weighted by molar-refractivity contribution is 0.208. The third-order valence-electron chi connectivity index (χ3n) is 2.71. The Labute approximate surface area is 120 Å². The molecule has 0 fully saturated rings. The van der Waals surface area contributed by atoms with Crippen molar-refractivity contribution in [2.75, 3.05) is 25.6 Å². The number of methoxy groups -OCH3 is 1. The van der Waals surface area contributed by atoms with Crippen LogP contribution in [0, 0.1) is 0 Å². The first-order chi connectivity index (χ1) is 9.69. The number of benzene rings is 1. The molecule has 0 saturated heterocycles. The predicted octanol–water partition coefficient (Wildman–Crippen LogP) is 1.74. The number of ether oxygens (including phenoxy) is 2. The van der Waals surface area contributed by atoms with E-state index in [1.807, 2.05) is 31.2 Å². The molecule has 0 bridgehead atoms. The molecule has 1 atom stereocenters. The number of hydrogen-bond acceptors (Lipinski definition) is 4. The van der Waals surface area contributed by atoms with E-state index >= 15 is 0 Å². The van der Waals surface area contributed by atoms with Crippen LogP contribution in [0.2, 0.25) is 0 Å². The summed E-state index contributed by atoms with van der Waals surface area (Å²) < 4.78 is 10.7. The topological polar surface area (TPSA) is 80.9 Å². The van der Waals surface area contributed by atoms with Crippen LogP contribution in [0.25, 0.3) is 0 Å². The number of anilines is 1. The maximum absolute atomic E-state index is 5.77. The Morgan fingerprint density at radius 2 is 2.25 bits per heavy atom. The molecule has 6 heteroatoms. The van der Waals surface area contributed by atoms with Crippen molar-refractivity contribution in [3.63, 3.8) is 0 Å². The van der Waals surface area contributed by atoms with Gasteiger partial charge in [0.05, 0.1) is 19.3 Å². The number of nitrogens with two attached hydrogens (primary N) is 1. The van der Waals surface area contributed by atoms with Gasteiger partial charge in [-0.2, -0.15) is 0 Å². The molecule has 0 spiro atoms. The summed E-state index contributed by atoms with van der Waals surface area (Å²) in [6, 6.07) is 7.68. The number of guanidine groups is 1. The zero-order chi connectivity index (χ0) is 14.8. The lowest BCUT2D eigenvalue weighted by atomic mass is 10.3. The number of nitrogens with one attached hydrogen (secondary N) is 2. The normalized spacial score (nSPS) is 12.9. The number of aliphatic imine (C=N–C) groups is 1. The highest BCUT2D eigenvalue weighted by Crippen LogP contribution is 2.19. The van der Waals surface area contributed by atoms with Crippen molar-refractivity contribution >= 4 is 11.6 Å². The van der Waals surface area contributed by atoms with Crippen molar-refractivity contribution in [3.05, 3.63) is 24.3 Å². The molecule has 6 nitrogen and oxygen atoms in total. The fraction of sp³-hybridized carbons (Fsp3) is 0.500. The Morgan fingerprint density at radius 1 is 1.45 bits per heavy atom. The largest absolute Gasteiger partial charge is 0.491 e. The van der Waals surface area contributed by atoms with Crippen LogP contribution in [-0.2, 0) is 4.74 Å². The van der Waals surface area contributed by atoms with Crippen molar-refractivity contribution in [2.45, 2.75) is 26.4 Å². The van der Waals surface area contributed by atoms with Crippen LogP contribution < -0.4 is 21.3 Å². The van der Waals surface area contributed by atoms with Crippen LogP contribution in [0.5, 0.6) is 5.75 Å². The molecule has 4 N–H and O–H groups in total. The lowest BCUT2D eigenvalue weighted by Crippen LogP contribution is -2.36. The Kier molecular flexibility index (Phi) is 7.46. The van der Waals surface area contributed by atoms with E-state index in [1.165, 1.54) is 0 Å². The summed E-state index contributed by atoms with van der Waals surface area (Å²) in [7, 11) is 1.63. The smallest absolute Gasteiger partial charge is 0.210 e. The van der Waals surface area contributed by atoms with E-state index in [0.29, 0.717) is 19.1 Å². The van der Waals surface area contributed by atoms with Gasteiger partial charge in [-0.05, 0) is 25.5 Å². The summed E-state index contributed by atoms with van der Waals surface area (Å²) >= 11 is 0. The highest BCUT2D eigenvalue weighted by Gasteiger charge is 2.03. The van der Waals surface area contributed by atoms with Crippen molar-refractivity contribution in [1.82, 2.24) is 5.43 Å². The van der Waals surface area contributed by atoms with E-state index in [0.717, 1.165) is 17.9 Å². The van der Waals surface area contributed by atoms with Crippen LogP contribution in [0.15, 0.2) is 29.3 Å². The molecule has 1 rings (SSSR count). The molecule has 0 aliphatic rings. The van der Waals surface area contributed by atoms with Gasteiger partial charge in [0.2, 0.25) is 5.96 Å². The molecule has 20 heavy (non-hydrogen) atoms. The molecule has 0 aliphatic carbocycles. The minimum absolute atomic E-state index is 0.188. The van der Waals surface area contributed by atoms with Gasteiger partial charge in [-0.1, -0.05) is 13.0 Å². The second-order valence-electron chi connectivity index (χ2n) is 4.36. The summed E-state index contributed by atoms with van der Waals surface area (Å²) in [6.07, 6.45) is 1.15. The highest BCUT2D eigenvalue weighted by atomic mass is 16.5. The van der Waals surface area contributed by atoms with Crippen LogP contribution in [0.4, 0.5) is 5.69 Å². The Balaban J connectivity index is 2.66. The second-order valence-corrected chi connectivity index (χ2v) is 4.36. The van der Waals surface area contributed by atoms with E-state index < -0.39 is 0 Å². The molecule has 112 valence electrons. The van der Waals surface area contributed by atoms with Gasteiger partial charge in [-0.15, -0.1) is 0 Å². The van der Waals surface area contributed by atoms with Gasteiger partial charge in [0, 0.05) is 18.9 Å². The first-order valence-electron chi connectivity index (χ1n) is 6.73. The predicted molar refractivity (Wildman–Crippen MR) is 81.9 cm³/mol. The van der Waals surface area contributed by atoms with Gasteiger partial charge in [0.25, 0.3) is 0 Å². The average molecular weight is 280 g/mol. The molecular weight excluding hydrogens is 256 g/mol. The minimum atomic E-state index is 0.188. The maximum atomic E-state index is 5.77. The molecule has 0 aromatic heterocycles. The number of nitrogens with zero attached hydrogens (tertiary/aromatic N) is 1. The molecule has 0 saturated carbocycles. The van der Waals surface area contributed by atoms with Gasteiger partial charge < -0.3 is 14.8 Å². The first kappa shape index (κ1) is 16.3. The summed E-state index contributed by atoms with van der Waals surface area (Å²) in [6.45, 7) is 5.21. The number of hydrogen-bond donors (Lipinski definition) is 3. The fourth-order valence-corrected chi connectivity index (χ4v) is 1.47. The summed E-state index contributed by atoms with van der Waals surface area (Å²) in [5.41, 5.74) is 3.38. The summed E-state index contributed by atoms with van der Waals surface area (Å²) in [5.74, 6) is 6.73. The Bertz CT molecular complexity index is 423. The zero-order valence-electron chi connectivity index (χ0n) is 12.3. The zero-order valence-corrected chi connectivity index (χ0v) is 12.3. The van der Waals surface area contributed by atoms with Gasteiger partial charge >= 0.3 is 0 Å². The van der Waals surface area contributed by atoms with Gasteiger partial charge in [-0.25, -0.2) is 10.8 Å². The van der Waals surface area contributed by atoms with Crippen molar-refractivity contribution in [3.8, 4) is 5.75 Å². The average Bonchev–Trinajstić information content (AvgIpc) is 2.46. The third-order valence-corrected chi connectivity index (χ3v) is 2.71. The van der Waals surface area contributed by atoms with Crippen molar-refractivity contribution in [1.29, 1.82) is 0 Å². The lowest BCUT2D eigenvalue weighted by Gasteiger charge is -2.14. The molecular formula is C14H24N4O2. The Hall–Kier alpha value is -1.79. The van der Waals surface area contributed by atoms with Crippen LogP contribution in [-0.4, -0.2) is 32.3 Å². The van der Waals surface area contributed by atoms with Crippen LogP contribution >= 0.6 is 0 Å². The Morgan fingerprint density at radius 3 is 2.90 bits per heavy atom. The quantitative estimate of drug-likeness (QED) is 0.233. The maximum Gasteiger partial charge on any atom is 0.210 e. The fourth-order valence-electron chi connectivity index (χ4n) is 1.47. The van der Waals surface area contributed by atoms with E-state index in [9.17, 15) is 0 Å². The van der Waals surface area contributed by atoms with E-state index in [4.69, 9.17) is 15.3 Å².